The van der Waals surface area contributed by atoms with Gasteiger partial charge < -0.3 is 10.1 Å². The molecule has 0 bridgehead atoms. The molecule has 104 valence electrons. The maximum absolute atomic E-state index is 5.73. The molecule has 0 amide bonds. The third-order valence-corrected chi connectivity index (χ3v) is 3.06. The molecule has 1 aliphatic rings. The van der Waals surface area contributed by atoms with Gasteiger partial charge in [0.2, 0.25) is 0 Å². The summed E-state index contributed by atoms with van der Waals surface area (Å²) in [5, 5.41) is 3.44. The van der Waals surface area contributed by atoms with E-state index in [1.165, 1.54) is 18.4 Å². The molecular formula is C17H25NO. The summed E-state index contributed by atoms with van der Waals surface area (Å²) in [5.41, 5.74) is 1.24. The molecule has 1 aliphatic carbocycles. The second kappa shape index (κ2) is 7.34. The largest absolute Gasteiger partial charge is 0.490 e. The Bertz CT molecular complexity index is 390. The van der Waals surface area contributed by atoms with Gasteiger partial charge in [0.05, 0.1) is 6.10 Å². The Kier molecular flexibility index (Phi) is 5.46. The molecule has 1 fully saturated rings. The fourth-order valence-electron chi connectivity index (χ4n) is 1.83. The van der Waals surface area contributed by atoms with Crippen LogP contribution in [0.15, 0.2) is 30.3 Å². The van der Waals surface area contributed by atoms with Crippen LogP contribution in [0.1, 0.15) is 38.7 Å². The average molecular weight is 259 g/mol. The van der Waals surface area contributed by atoms with E-state index in [9.17, 15) is 0 Å². The fourth-order valence-corrected chi connectivity index (χ4v) is 1.83. The first-order valence-corrected chi connectivity index (χ1v) is 7.38. The van der Waals surface area contributed by atoms with Crippen LogP contribution in [0.4, 0.5) is 0 Å². The minimum atomic E-state index is 0.480. The van der Waals surface area contributed by atoms with Gasteiger partial charge in [0.1, 0.15) is 5.75 Å². The first kappa shape index (κ1) is 14.1. The van der Waals surface area contributed by atoms with E-state index < -0.39 is 0 Å². The Morgan fingerprint density at radius 2 is 2.00 bits per heavy atom. The Morgan fingerprint density at radius 1 is 1.26 bits per heavy atom. The van der Waals surface area contributed by atoms with E-state index in [-0.39, 0.29) is 0 Å². The van der Waals surface area contributed by atoms with Crippen LogP contribution >= 0.6 is 0 Å². The summed E-state index contributed by atoms with van der Waals surface area (Å²) in [5.74, 6) is 1.72. The number of rotatable bonds is 8. The van der Waals surface area contributed by atoms with Crippen LogP contribution in [0.2, 0.25) is 0 Å². The number of hydrogen-bond donors (Lipinski definition) is 1. The molecule has 1 aromatic carbocycles. The third-order valence-electron chi connectivity index (χ3n) is 3.06. The first-order valence-electron chi connectivity index (χ1n) is 7.38. The molecule has 1 saturated carbocycles. The molecular weight excluding hydrogens is 234 g/mol. The van der Waals surface area contributed by atoms with Crippen molar-refractivity contribution in [1.82, 2.24) is 5.32 Å². The van der Waals surface area contributed by atoms with Crippen LogP contribution in [-0.4, -0.2) is 19.2 Å². The van der Waals surface area contributed by atoms with E-state index in [1.54, 1.807) is 0 Å². The van der Waals surface area contributed by atoms with Gasteiger partial charge >= 0.3 is 0 Å². The second-order valence-corrected chi connectivity index (χ2v) is 5.68. The Morgan fingerprint density at radius 3 is 2.63 bits per heavy atom. The van der Waals surface area contributed by atoms with Gasteiger partial charge in [0.15, 0.2) is 0 Å². The minimum Gasteiger partial charge on any atom is -0.490 e. The summed E-state index contributed by atoms with van der Waals surface area (Å²) in [4.78, 5) is 0. The number of ether oxygens (including phenoxy) is 1. The molecule has 0 aliphatic heterocycles. The molecule has 0 aromatic heterocycles. The van der Waals surface area contributed by atoms with Gasteiger partial charge in [0.25, 0.3) is 0 Å². The highest BCUT2D eigenvalue weighted by molar-refractivity contribution is 5.50. The van der Waals surface area contributed by atoms with Gasteiger partial charge in [-0.1, -0.05) is 38.1 Å². The van der Waals surface area contributed by atoms with Crippen LogP contribution in [0, 0.1) is 5.92 Å². The van der Waals surface area contributed by atoms with E-state index in [0.717, 1.165) is 31.2 Å². The summed E-state index contributed by atoms with van der Waals surface area (Å²) < 4.78 is 5.73. The monoisotopic (exact) mass is 259 g/mol. The maximum Gasteiger partial charge on any atom is 0.119 e. The molecule has 2 heteroatoms. The zero-order chi connectivity index (χ0) is 13.5. The topological polar surface area (TPSA) is 21.3 Å². The summed E-state index contributed by atoms with van der Waals surface area (Å²) in [7, 11) is 0. The molecule has 0 unspecified atom stereocenters. The van der Waals surface area contributed by atoms with Gasteiger partial charge in [-0.2, -0.15) is 0 Å². The molecule has 19 heavy (non-hydrogen) atoms. The summed E-state index contributed by atoms with van der Waals surface area (Å²) in [6, 6.07) is 8.37. The summed E-state index contributed by atoms with van der Waals surface area (Å²) >= 11 is 0. The van der Waals surface area contributed by atoms with E-state index >= 15 is 0 Å². The first-order chi connectivity index (χ1) is 9.24. The molecule has 0 saturated heterocycles. The van der Waals surface area contributed by atoms with Crippen molar-refractivity contribution in [3.8, 4) is 5.75 Å². The van der Waals surface area contributed by atoms with Gasteiger partial charge in [-0.15, -0.1) is 0 Å². The quantitative estimate of drug-likeness (QED) is 0.715. The summed E-state index contributed by atoms with van der Waals surface area (Å²) in [6.07, 6.45) is 8.39. The van der Waals surface area contributed by atoms with Gasteiger partial charge in [-0.3, -0.25) is 0 Å². The SMILES string of the molecule is CC(C)CNCC/C=C/c1ccc(OC2CC2)cc1. The Labute approximate surface area is 116 Å². The van der Waals surface area contributed by atoms with E-state index in [4.69, 9.17) is 4.74 Å². The molecule has 0 atom stereocenters. The summed E-state index contributed by atoms with van der Waals surface area (Å²) in [6.45, 7) is 6.61. The lowest BCUT2D eigenvalue weighted by Crippen LogP contribution is -2.20. The predicted octanol–water partition coefficient (Wildman–Crippen LogP) is 3.88. The molecule has 0 radical (unpaired) electrons. The highest BCUT2D eigenvalue weighted by Crippen LogP contribution is 2.26. The van der Waals surface area contributed by atoms with E-state index in [2.05, 4.69) is 55.6 Å². The average Bonchev–Trinajstić information content (AvgIpc) is 3.19. The second-order valence-electron chi connectivity index (χ2n) is 5.68. The Balaban J connectivity index is 1.66. The number of benzene rings is 1. The maximum atomic E-state index is 5.73. The molecule has 2 rings (SSSR count). The number of nitrogens with one attached hydrogen (secondary N) is 1. The van der Waals surface area contributed by atoms with Crippen molar-refractivity contribution in [2.45, 2.75) is 39.2 Å². The van der Waals surface area contributed by atoms with Crippen LogP contribution in [-0.2, 0) is 0 Å². The van der Waals surface area contributed by atoms with Crippen molar-refractivity contribution in [2.24, 2.45) is 5.92 Å². The standard InChI is InChI=1S/C17H25NO/c1-14(2)13-18-12-4-3-5-15-6-8-16(9-7-15)19-17-10-11-17/h3,5-9,14,17-18H,4,10-13H2,1-2H3/b5-3+. The fraction of sp³-hybridized carbons (Fsp3) is 0.529. The highest BCUT2D eigenvalue weighted by atomic mass is 16.5. The molecule has 0 spiro atoms. The van der Waals surface area contributed by atoms with Gasteiger partial charge in [0, 0.05) is 0 Å². The molecule has 1 N–H and O–H groups in total. The molecule has 0 heterocycles. The van der Waals surface area contributed by atoms with Crippen LogP contribution < -0.4 is 10.1 Å². The minimum absolute atomic E-state index is 0.480. The van der Waals surface area contributed by atoms with Crippen molar-refractivity contribution < 1.29 is 4.74 Å². The zero-order valence-corrected chi connectivity index (χ0v) is 12.1. The Hall–Kier alpha value is -1.28. The van der Waals surface area contributed by atoms with E-state index in [0.29, 0.717) is 6.10 Å². The predicted molar refractivity (Wildman–Crippen MR) is 81.5 cm³/mol. The van der Waals surface area contributed by atoms with Crippen molar-refractivity contribution in [1.29, 1.82) is 0 Å². The van der Waals surface area contributed by atoms with Crippen molar-refractivity contribution >= 4 is 6.08 Å². The zero-order valence-electron chi connectivity index (χ0n) is 12.1. The van der Waals surface area contributed by atoms with Crippen molar-refractivity contribution in [2.75, 3.05) is 13.1 Å². The van der Waals surface area contributed by atoms with Crippen molar-refractivity contribution in [3.05, 3.63) is 35.9 Å². The van der Waals surface area contributed by atoms with Crippen LogP contribution in [0.25, 0.3) is 6.08 Å². The molecule has 2 nitrogen and oxygen atoms in total. The third kappa shape index (κ3) is 5.93. The van der Waals surface area contributed by atoms with Crippen LogP contribution in [0.3, 0.4) is 0 Å². The highest BCUT2D eigenvalue weighted by Gasteiger charge is 2.23. The van der Waals surface area contributed by atoms with Gasteiger partial charge in [-0.05, 0) is 56.0 Å². The van der Waals surface area contributed by atoms with Crippen molar-refractivity contribution in [3.63, 3.8) is 0 Å². The normalized spacial score (nSPS) is 15.3. The van der Waals surface area contributed by atoms with E-state index in [1.807, 2.05) is 0 Å². The van der Waals surface area contributed by atoms with Crippen LogP contribution in [0.5, 0.6) is 5.75 Å². The molecule has 1 aromatic rings. The lowest BCUT2D eigenvalue weighted by Gasteiger charge is -2.05. The lowest BCUT2D eigenvalue weighted by molar-refractivity contribution is 0.303. The van der Waals surface area contributed by atoms with Gasteiger partial charge in [-0.25, -0.2) is 0 Å². The number of hydrogen-bond acceptors (Lipinski definition) is 2. The smallest absolute Gasteiger partial charge is 0.119 e. The lowest BCUT2D eigenvalue weighted by atomic mass is 10.2.